The highest BCUT2D eigenvalue weighted by Gasteiger charge is 2.12. The standard InChI is InChI=1S/C19H25NO2/c1-14-12-17(22-19(2,3)4)10-11-18(14)20-13-15-6-8-16(21-5)9-7-15/h6-12,20H,13H2,1-5H3. The van der Waals surface area contributed by atoms with E-state index in [1.54, 1.807) is 7.11 Å². The van der Waals surface area contributed by atoms with Gasteiger partial charge in [0.2, 0.25) is 0 Å². The van der Waals surface area contributed by atoms with E-state index < -0.39 is 0 Å². The predicted molar refractivity (Wildman–Crippen MR) is 91.9 cm³/mol. The van der Waals surface area contributed by atoms with Gasteiger partial charge in [-0.3, -0.25) is 0 Å². The van der Waals surface area contributed by atoms with Crippen molar-refractivity contribution in [2.24, 2.45) is 0 Å². The van der Waals surface area contributed by atoms with Crippen molar-refractivity contribution in [1.29, 1.82) is 0 Å². The lowest BCUT2D eigenvalue weighted by Crippen LogP contribution is -2.22. The third-order valence-electron chi connectivity index (χ3n) is 3.26. The Morgan fingerprint density at radius 2 is 1.59 bits per heavy atom. The summed E-state index contributed by atoms with van der Waals surface area (Å²) in [5.74, 6) is 1.78. The van der Waals surface area contributed by atoms with E-state index in [4.69, 9.17) is 9.47 Å². The first-order chi connectivity index (χ1) is 10.4. The molecule has 0 heterocycles. The minimum atomic E-state index is -0.176. The summed E-state index contributed by atoms with van der Waals surface area (Å²) in [6, 6.07) is 14.2. The predicted octanol–water partition coefficient (Wildman–Crippen LogP) is 4.79. The van der Waals surface area contributed by atoms with Crippen LogP contribution in [0, 0.1) is 6.92 Å². The smallest absolute Gasteiger partial charge is 0.120 e. The second-order valence-electron chi connectivity index (χ2n) is 6.39. The number of hydrogen-bond donors (Lipinski definition) is 1. The van der Waals surface area contributed by atoms with Gasteiger partial charge in [0.1, 0.15) is 17.1 Å². The molecule has 0 saturated heterocycles. The minimum absolute atomic E-state index is 0.176. The normalized spacial score (nSPS) is 11.1. The fourth-order valence-corrected chi connectivity index (χ4v) is 2.19. The minimum Gasteiger partial charge on any atom is -0.497 e. The maximum absolute atomic E-state index is 5.88. The highest BCUT2D eigenvalue weighted by Crippen LogP contribution is 2.25. The van der Waals surface area contributed by atoms with Crippen molar-refractivity contribution in [1.82, 2.24) is 0 Å². The number of methoxy groups -OCH3 is 1. The molecule has 118 valence electrons. The maximum atomic E-state index is 5.88. The number of hydrogen-bond acceptors (Lipinski definition) is 3. The molecule has 0 amide bonds. The van der Waals surface area contributed by atoms with E-state index in [2.05, 4.69) is 57.3 Å². The van der Waals surface area contributed by atoms with Gasteiger partial charge >= 0.3 is 0 Å². The second-order valence-corrected chi connectivity index (χ2v) is 6.39. The van der Waals surface area contributed by atoms with Gasteiger partial charge in [0, 0.05) is 12.2 Å². The van der Waals surface area contributed by atoms with Gasteiger partial charge in [-0.15, -0.1) is 0 Å². The number of rotatable bonds is 5. The van der Waals surface area contributed by atoms with E-state index in [-0.39, 0.29) is 5.60 Å². The molecule has 2 aromatic carbocycles. The molecule has 3 nitrogen and oxygen atoms in total. The monoisotopic (exact) mass is 299 g/mol. The van der Waals surface area contributed by atoms with Crippen LogP contribution in [0.1, 0.15) is 31.9 Å². The van der Waals surface area contributed by atoms with Crippen LogP contribution in [0.5, 0.6) is 11.5 Å². The lowest BCUT2D eigenvalue weighted by Gasteiger charge is -2.22. The largest absolute Gasteiger partial charge is 0.497 e. The van der Waals surface area contributed by atoms with E-state index in [9.17, 15) is 0 Å². The van der Waals surface area contributed by atoms with Crippen LogP contribution in [0.25, 0.3) is 0 Å². The van der Waals surface area contributed by atoms with Gasteiger partial charge in [-0.25, -0.2) is 0 Å². The third-order valence-corrected chi connectivity index (χ3v) is 3.26. The molecule has 3 heteroatoms. The van der Waals surface area contributed by atoms with Crippen LogP contribution in [0.2, 0.25) is 0 Å². The van der Waals surface area contributed by atoms with E-state index in [1.807, 2.05) is 18.2 Å². The molecule has 0 aliphatic heterocycles. The lowest BCUT2D eigenvalue weighted by molar-refractivity contribution is 0.131. The van der Waals surface area contributed by atoms with Crippen LogP contribution in [-0.4, -0.2) is 12.7 Å². The molecule has 0 radical (unpaired) electrons. The average molecular weight is 299 g/mol. The molecule has 0 aromatic heterocycles. The van der Waals surface area contributed by atoms with Crippen LogP contribution in [0.15, 0.2) is 42.5 Å². The molecule has 0 atom stereocenters. The SMILES string of the molecule is COc1ccc(CNc2ccc(OC(C)(C)C)cc2C)cc1. The van der Waals surface area contributed by atoms with Crippen molar-refractivity contribution in [3.63, 3.8) is 0 Å². The third kappa shape index (κ3) is 4.69. The number of ether oxygens (including phenoxy) is 2. The molecule has 0 spiro atoms. The molecule has 0 fully saturated rings. The topological polar surface area (TPSA) is 30.5 Å². The summed E-state index contributed by atoms with van der Waals surface area (Å²) in [6.07, 6.45) is 0. The molecule has 0 aliphatic rings. The Bertz CT molecular complexity index is 612. The fourth-order valence-electron chi connectivity index (χ4n) is 2.19. The molecule has 2 rings (SSSR count). The highest BCUT2D eigenvalue weighted by molar-refractivity contribution is 5.54. The van der Waals surface area contributed by atoms with Crippen molar-refractivity contribution in [2.45, 2.75) is 39.8 Å². The fraction of sp³-hybridized carbons (Fsp3) is 0.368. The Balaban J connectivity index is 2.00. The van der Waals surface area contributed by atoms with Crippen molar-refractivity contribution >= 4 is 5.69 Å². The Labute approximate surface area is 133 Å². The van der Waals surface area contributed by atoms with Gasteiger partial charge in [0.15, 0.2) is 0 Å². The van der Waals surface area contributed by atoms with Gasteiger partial charge in [0.05, 0.1) is 7.11 Å². The summed E-state index contributed by atoms with van der Waals surface area (Å²) in [6.45, 7) is 9.03. The summed E-state index contributed by atoms with van der Waals surface area (Å²) >= 11 is 0. The van der Waals surface area contributed by atoms with E-state index in [0.717, 1.165) is 23.7 Å². The Hall–Kier alpha value is -2.16. The molecule has 0 bridgehead atoms. The van der Waals surface area contributed by atoms with Crippen LogP contribution >= 0.6 is 0 Å². The van der Waals surface area contributed by atoms with Crippen molar-refractivity contribution in [2.75, 3.05) is 12.4 Å². The summed E-state index contributed by atoms with van der Waals surface area (Å²) < 4.78 is 11.1. The van der Waals surface area contributed by atoms with Crippen LogP contribution in [0.3, 0.4) is 0 Å². The molecule has 22 heavy (non-hydrogen) atoms. The summed E-state index contributed by atoms with van der Waals surface area (Å²) in [5, 5.41) is 3.46. The zero-order valence-corrected chi connectivity index (χ0v) is 14.1. The van der Waals surface area contributed by atoms with Crippen molar-refractivity contribution in [3.05, 3.63) is 53.6 Å². The molecule has 0 saturated carbocycles. The van der Waals surface area contributed by atoms with Crippen LogP contribution < -0.4 is 14.8 Å². The highest BCUT2D eigenvalue weighted by atomic mass is 16.5. The Morgan fingerprint density at radius 3 is 2.14 bits per heavy atom. The van der Waals surface area contributed by atoms with Gasteiger partial charge < -0.3 is 14.8 Å². The molecule has 0 aliphatic carbocycles. The van der Waals surface area contributed by atoms with Crippen molar-refractivity contribution < 1.29 is 9.47 Å². The Kier molecular flexibility index (Phi) is 4.96. The van der Waals surface area contributed by atoms with E-state index in [0.29, 0.717) is 0 Å². The van der Waals surface area contributed by atoms with Gasteiger partial charge in [0.25, 0.3) is 0 Å². The lowest BCUT2D eigenvalue weighted by atomic mass is 10.1. The summed E-state index contributed by atoms with van der Waals surface area (Å²) in [7, 11) is 1.68. The summed E-state index contributed by atoms with van der Waals surface area (Å²) in [4.78, 5) is 0. The number of benzene rings is 2. The number of nitrogens with one attached hydrogen (secondary N) is 1. The van der Waals surface area contributed by atoms with Crippen molar-refractivity contribution in [3.8, 4) is 11.5 Å². The Morgan fingerprint density at radius 1 is 0.955 bits per heavy atom. The number of aryl methyl sites for hydroxylation is 1. The van der Waals surface area contributed by atoms with Gasteiger partial charge in [-0.2, -0.15) is 0 Å². The molecule has 0 unspecified atom stereocenters. The molecule has 2 aromatic rings. The van der Waals surface area contributed by atoms with Crippen LogP contribution in [-0.2, 0) is 6.54 Å². The first-order valence-corrected chi connectivity index (χ1v) is 7.54. The zero-order chi connectivity index (χ0) is 16.2. The quantitative estimate of drug-likeness (QED) is 0.860. The average Bonchev–Trinajstić information content (AvgIpc) is 2.45. The molecular formula is C19H25NO2. The van der Waals surface area contributed by atoms with Gasteiger partial charge in [-0.1, -0.05) is 12.1 Å². The second kappa shape index (κ2) is 6.73. The van der Waals surface area contributed by atoms with E-state index >= 15 is 0 Å². The molecular weight excluding hydrogens is 274 g/mol. The molecule has 1 N–H and O–H groups in total. The van der Waals surface area contributed by atoms with Crippen LogP contribution in [0.4, 0.5) is 5.69 Å². The number of anilines is 1. The zero-order valence-electron chi connectivity index (χ0n) is 14.1. The first-order valence-electron chi connectivity index (χ1n) is 7.54. The first kappa shape index (κ1) is 16.2. The maximum Gasteiger partial charge on any atom is 0.120 e. The van der Waals surface area contributed by atoms with Gasteiger partial charge in [-0.05, 0) is 69.2 Å². The summed E-state index contributed by atoms with van der Waals surface area (Å²) in [5.41, 5.74) is 3.34. The van der Waals surface area contributed by atoms with E-state index in [1.165, 1.54) is 11.1 Å².